The molecule has 0 unspecified atom stereocenters. The van der Waals surface area contributed by atoms with Crippen molar-refractivity contribution in [3.63, 3.8) is 0 Å². The molecular formula is C15H25NO6. The number of aliphatic carboxylic acids is 1. The van der Waals surface area contributed by atoms with Crippen molar-refractivity contribution in [2.75, 3.05) is 13.2 Å². The summed E-state index contributed by atoms with van der Waals surface area (Å²) in [5.74, 6) is -1.74. The van der Waals surface area contributed by atoms with Crippen LogP contribution in [0.3, 0.4) is 0 Å². The van der Waals surface area contributed by atoms with E-state index >= 15 is 0 Å². The van der Waals surface area contributed by atoms with E-state index in [1.54, 1.807) is 6.92 Å². The van der Waals surface area contributed by atoms with Crippen molar-refractivity contribution in [1.29, 1.82) is 0 Å². The third kappa shape index (κ3) is 4.69. The minimum absolute atomic E-state index is 0.0130. The quantitative estimate of drug-likeness (QED) is 0.745. The Morgan fingerprint density at radius 3 is 2.41 bits per heavy atom. The second-order valence-corrected chi connectivity index (χ2v) is 6.37. The van der Waals surface area contributed by atoms with Gasteiger partial charge in [0.05, 0.1) is 13.2 Å². The van der Waals surface area contributed by atoms with Crippen LogP contribution in [0, 0.1) is 5.41 Å². The molecule has 0 spiro atoms. The van der Waals surface area contributed by atoms with E-state index in [-0.39, 0.29) is 36.7 Å². The predicted octanol–water partition coefficient (Wildman–Crippen LogP) is 1.40. The van der Waals surface area contributed by atoms with Crippen molar-refractivity contribution in [2.24, 2.45) is 5.41 Å². The van der Waals surface area contributed by atoms with Crippen LogP contribution in [0.15, 0.2) is 0 Å². The Morgan fingerprint density at radius 1 is 1.27 bits per heavy atom. The monoisotopic (exact) mass is 315 g/mol. The van der Waals surface area contributed by atoms with Crippen LogP contribution in [0.4, 0.5) is 0 Å². The van der Waals surface area contributed by atoms with Crippen molar-refractivity contribution in [3.8, 4) is 0 Å². The lowest BCUT2D eigenvalue weighted by Crippen LogP contribution is -2.50. The van der Waals surface area contributed by atoms with E-state index in [2.05, 4.69) is 0 Å². The number of carboxylic acids is 1. The summed E-state index contributed by atoms with van der Waals surface area (Å²) in [7, 11) is 0. The third-order valence-electron chi connectivity index (χ3n) is 3.39. The number of ether oxygens (including phenoxy) is 2. The lowest BCUT2D eigenvalue weighted by Gasteiger charge is -2.35. The second-order valence-electron chi connectivity index (χ2n) is 6.37. The van der Waals surface area contributed by atoms with Crippen LogP contribution in [0.1, 0.15) is 47.0 Å². The predicted molar refractivity (Wildman–Crippen MR) is 77.9 cm³/mol. The minimum atomic E-state index is -1.08. The molecule has 1 aliphatic heterocycles. The van der Waals surface area contributed by atoms with Gasteiger partial charge in [0, 0.05) is 18.3 Å². The SMILES string of the molecule is CCOC(=O)CCCC(=O)N1[C@H](C(=O)O)CO[C@@H]1C(C)(C)C. The Morgan fingerprint density at radius 2 is 1.91 bits per heavy atom. The van der Waals surface area contributed by atoms with Gasteiger partial charge in [-0.2, -0.15) is 0 Å². The van der Waals surface area contributed by atoms with Crippen LogP contribution in [0.5, 0.6) is 0 Å². The van der Waals surface area contributed by atoms with Gasteiger partial charge < -0.3 is 19.5 Å². The van der Waals surface area contributed by atoms with Gasteiger partial charge >= 0.3 is 11.9 Å². The van der Waals surface area contributed by atoms with E-state index in [9.17, 15) is 19.5 Å². The summed E-state index contributed by atoms with van der Waals surface area (Å²) in [5, 5.41) is 9.25. The first-order valence-electron chi connectivity index (χ1n) is 7.49. The van der Waals surface area contributed by atoms with E-state index < -0.39 is 18.2 Å². The molecule has 0 aromatic rings. The fourth-order valence-electron chi connectivity index (χ4n) is 2.41. The van der Waals surface area contributed by atoms with E-state index in [1.807, 2.05) is 20.8 Å². The zero-order valence-electron chi connectivity index (χ0n) is 13.6. The molecule has 0 aromatic carbocycles. The van der Waals surface area contributed by atoms with Crippen LogP contribution in [-0.4, -0.2) is 53.3 Å². The van der Waals surface area contributed by atoms with E-state index in [1.165, 1.54) is 4.90 Å². The van der Waals surface area contributed by atoms with Crippen LogP contribution in [-0.2, 0) is 23.9 Å². The summed E-state index contributed by atoms with van der Waals surface area (Å²) in [5.41, 5.74) is -0.388. The number of carboxylic acid groups (broad SMARTS) is 1. The molecule has 0 saturated carbocycles. The highest BCUT2D eigenvalue weighted by molar-refractivity contribution is 5.84. The molecule has 1 amide bonds. The molecule has 0 radical (unpaired) electrons. The third-order valence-corrected chi connectivity index (χ3v) is 3.39. The number of carbonyl (C=O) groups is 3. The largest absolute Gasteiger partial charge is 0.480 e. The highest BCUT2D eigenvalue weighted by atomic mass is 16.5. The molecule has 0 bridgehead atoms. The van der Waals surface area contributed by atoms with Crippen molar-refractivity contribution < 1.29 is 29.0 Å². The van der Waals surface area contributed by atoms with Gasteiger partial charge in [-0.15, -0.1) is 0 Å². The number of amides is 1. The fourth-order valence-corrected chi connectivity index (χ4v) is 2.41. The lowest BCUT2D eigenvalue weighted by atomic mass is 9.93. The normalized spacial score (nSPS) is 21.7. The molecule has 1 fully saturated rings. The number of esters is 1. The number of rotatable bonds is 6. The molecule has 1 saturated heterocycles. The summed E-state index contributed by atoms with van der Waals surface area (Å²) >= 11 is 0. The second kappa shape index (κ2) is 7.58. The molecule has 0 aromatic heterocycles. The van der Waals surface area contributed by atoms with E-state index in [0.717, 1.165) is 0 Å². The fraction of sp³-hybridized carbons (Fsp3) is 0.800. The minimum Gasteiger partial charge on any atom is -0.480 e. The molecular weight excluding hydrogens is 290 g/mol. The maximum atomic E-state index is 12.4. The molecule has 7 heteroatoms. The molecule has 1 heterocycles. The number of hydrogen-bond acceptors (Lipinski definition) is 5. The Bertz CT molecular complexity index is 428. The van der Waals surface area contributed by atoms with E-state index in [0.29, 0.717) is 13.0 Å². The average molecular weight is 315 g/mol. The first kappa shape index (κ1) is 18.4. The zero-order chi connectivity index (χ0) is 16.9. The standard InChI is InChI=1S/C15H25NO6/c1-5-21-12(18)8-6-7-11(17)16-10(13(19)20)9-22-14(16)15(2,3)4/h10,14H,5-9H2,1-4H3,(H,19,20)/t10-,14+/m0/s1. The molecule has 2 atom stereocenters. The van der Waals surface area contributed by atoms with Crippen LogP contribution < -0.4 is 0 Å². The van der Waals surface area contributed by atoms with Gasteiger partial charge in [0.15, 0.2) is 6.04 Å². The van der Waals surface area contributed by atoms with Gasteiger partial charge in [-0.25, -0.2) is 4.79 Å². The summed E-state index contributed by atoms with van der Waals surface area (Å²) in [4.78, 5) is 36.3. The topological polar surface area (TPSA) is 93.1 Å². The molecule has 126 valence electrons. The highest BCUT2D eigenvalue weighted by Gasteiger charge is 2.46. The lowest BCUT2D eigenvalue weighted by molar-refractivity contribution is -0.154. The van der Waals surface area contributed by atoms with Crippen LogP contribution >= 0.6 is 0 Å². The van der Waals surface area contributed by atoms with Crippen molar-refractivity contribution in [1.82, 2.24) is 4.90 Å². The van der Waals surface area contributed by atoms with Gasteiger partial charge in [0.2, 0.25) is 5.91 Å². The smallest absolute Gasteiger partial charge is 0.328 e. The van der Waals surface area contributed by atoms with Crippen molar-refractivity contribution in [3.05, 3.63) is 0 Å². The average Bonchev–Trinajstić information content (AvgIpc) is 2.83. The molecule has 0 aliphatic carbocycles. The maximum absolute atomic E-state index is 12.4. The summed E-state index contributed by atoms with van der Waals surface area (Å²) in [6.07, 6.45) is -0.00838. The van der Waals surface area contributed by atoms with Gasteiger partial charge in [-0.05, 0) is 13.3 Å². The van der Waals surface area contributed by atoms with Gasteiger partial charge in [0.25, 0.3) is 0 Å². The molecule has 7 nitrogen and oxygen atoms in total. The Labute approximate surface area is 130 Å². The summed E-state index contributed by atoms with van der Waals surface area (Å²) in [6, 6.07) is -0.973. The van der Waals surface area contributed by atoms with E-state index in [4.69, 9.17) is 9.47 Å². The van der Waals surface area contributed by atoms with Crippen LogP contribution in [0.2, 0.25) is 0 Å². The summed E-state index contributed by atoms with van der Waals surface area (Å²) < 4.78 is 10.3. The van der Waals surface area contributed by atoms with Crippen molar-refractivity contribution in [2.45, 2.75) is 59.2 Å². The zero-order valence-corrected chi connectivity index (χ0v) is 13.6. The first-order valence-corrected chi connectivity index (χ1v) is 7.49. The van der Waals surface area contributed by atoms with Gasteiger partial charge in [0.1, 0.15) is 6.23 Å². The highest BCUT2D eigenvalue weighted by Crippen LogP contribution is 2.32. The summed E-state index contributed by atoms with van der Waals surface area (Å²) in [6.45, 7) is 7.68. The Balaban J connectivity index is 2.68. The molecule has 1 N–H and O–H groups in total. The first-order chi connectivity index (χ1) is 10.2. The molecule has 1 rings (SSSR count). The van der Waals surface area contributed by atoms with Gasteiger partial charge in [-0.3, -0.25) is 9.59 Å². The number of hydrogen-bond donors (Lipinski definition) is 1. The number of nitrogens with zero attached hydrogens (tertiary/aromatic N) is 1. The van der Waals surface area contributed by atoms with Crippen LogP contribution in [0.25, 0.3) is 0 Å². The van der Waals surface area contributed by atoms with Gasteiger partial charge in [-0.1, -0.05) is 20.8 Å². The molecule has 22 heavy (non-hydrogen) atoms. The number of carbonyl (C=O) groups excluding carboxylic acids is 2. The van der Waals surface area contributed by atoms with Crippen molar-refractivity contribution >= 4 is 17.8 Å². The Hall–Kier alpha value is -1.63. The molecule has 1 aliphatic rings. The Kier molecular flexibility index (Phi) is 6.34. The maximum Gasteiger partial charge on any atom is 0.328 e.